The van der Waals surface area contributed by atoms with Gasteiger partial charge < -0.3 is 0 Å². The van der Waals surface area contributed by atoms with Crippen molar-refractivity contribution in [2.45, 2.75) is 0 Å². The number of pyridine rings is 1. The summed E-state index contributed by atoms with van der Waals surface area (Å²) in [7, 11) is 0. The number of fused-ring (bicyclic) bond motifs is 1. The average molecular weight is 354 g/mol. The summed E-state index contributed by atoms with van der Waals surface area (Å²) in [5.41, 5.74) is 3.01. The standard InChI is InChI=1S/C14H9N4O2.Y/c1-2-4-8-7-16-14(19)10(8)12-11(18-20)9-5-3-6-15-13(9)17-12;/h1-6,20H,(H,15,17)(H,16,19);/b4-2?,12-10-,18-11+;. The van der Waals surface area contributed by atoms with E-state index in [2.05, 4.69) is 23.6 Å². The predicted octanol–water partition coefficient (Wildman–Crippen LogP) is 0.735. The fraction of sp³-hybridized carbons (Fsp3) is 0. The second-order valence-electron chi connectivity index (χ2n) is 4.72. The summed E-state index contributed by atoms with van der Waals surface area (Å²) in [6.07, 6.45) is 5.58. The molecule has 0 radical (unpaired) electrons. The maximum atomic E-state index is 12.3. The predicted molar refractivity (Wildman–Crippen MR) is 73.6 cm³/mol. The van der Waals surface area contributed by atoms with Crippen LogP contribution in [-0.2, 0) is 33.5 Å². The Morgan fingerprint density at radius 3 is 3.10 bits per heavy atom. The van der Waals surface area contributed by atoms with Gasteiger partial charge in [-0.15, -0.1) is 0 Å². The molecule has 1 amide bonds. The molecule has 0 fully saturated rings. The fourth-order valence-corrected chi connectivity index (χ4v) is 5.24. The summed E-state index contributed by atoms with van der Waals surface area (Å²) in [6, 6.07) is 3.58. The third-order valence-corrected chi connectivity index (χ3v) is 6.52. The van der Waals surface area contributed by atoms with Gasteiger partial charge in [0, 0.05) is 0 Å². The summed E-state index contributed by atoms with van der Waals surface area (Å²) in [5, 5.41) is 18.8. The minimum absolute atomic E-state index is 0.150. The molecule has 4 heterocycles. The molecule has 0 aliphatic carbocycles. The Hall–Kier alpha value is -1.92. The van der Waals surface area contributed by atoms with Gasteiger partial charge in [0.05, 0.1) is 0 Å². The molecule has 0 aromatic carbocycles. The molecular weight excluding hydrogens is 345 g/mol. The Morgan fingerprint density at radius 2 is 2.24 bits per heavy atom. The van der Waals surface area contributed by atoms with Gasteiger partial charge in [0.25, 0.3) is 0 Å². The van der Waals surface area contributed by atoms with Crippen molar-refractivity contribution in [3.8, 4) is 0 Å². The summed E-state index contributed by atoms with van der Waals surface area (Å²) >= 11 is -1.05. The van der Waals surface area contributed by atoms with Crippen molar-refractivity contribution in [1.82, 2.24) is 10.3 Å². The first-order valence-corrected chi connectivity index (χ1v) is 9.45. The van der Waals surface area contributed by atoms with Crippen molar-refractivity contribution in [2.24, 2.45) is 5.16 Å². The van der Waals surface area contributed by atoms with Crippen molar-refractivity contribution < 1.29 is 38.7 Å². The Kier molecular flexibility index (Phi) is 2.94. The maximum absolute atomic E-state index is 12.3. The van der Waals surface area contributed by atoms with E-state index in [9.17, 15) is 10.0 Å². The third kappa shape index (κ3) is 1.86. The van der Waals surface area contributed by atoms with E-state index in [1.165, 1.54) is 0 Å². The van der Waals surface area contributed by atoms with Crippen LogP contribution in [0.25, 0.3) is 0 Å². The molecule has 0 saturated carbocycles. The number of rotatable bonds is 0. The number of hydrogen-bond donors (Lipinski definition) is 3. The molecule has 3 aliphatic heterocycles. The van der Waals surface area contributed by atoms with Gasteiger partial charge in [0.15, 0.2) is 0 Å². The minimum atomic E-state index is -1.05. The van der Waals surface area contributed by atoms with Gasteiger partial charge in [0.1, 0.15) is 0 Å². The molecule has 21 heavy (non-hydrogen) atoms. The van der Waals surface area contributed by atoms with E-state index in [0.717, 1.165) is 8.08 Å². The van der Waals surface area contributed by atoms with Crippen LogP contribution >= 0.6 is 0 Å². The molecule has 7 heteroatoms. The van der Waals surface area contributed by atoms with E-state index in [1.807, 2.05) is 18.2 Å². The van der Waals surface area contributed by atoms with Crippen LogP contribution < -0.4 is 10.6 Å². The number of hydrogen-bond acceptors (Lipinski definition) is 5. The van der Waals surface area contributed by atoms with E-state index in [0.29, 0.717) is 28.4 Å². The van der Waals surface area contributed by atoms with Crippen LogP contribution in [0.2, 0.25) is 0 Å². The number of amides is 1. The molecule has 0 spiro atoms. The zero-order chi connectivity index (χ0) is 14.4. The van der Waals surface area contributed by atoms with Crippen LogP contribution in [0.4, 0.5) is 5.82 Å². The van der Waals surface area contributed by atoms with Gasteiger partial charge in [-0.05, 0) is 0 Å². The summed E-state index contributed by atoms with van der Waals surface area (Å²) in [5.74, 6) is 0.449. The van der Waals surface area contributed by atoms with E-state index in [-0.39, 0.29) is 5.91 Å². The van der Waals surface area contributed by atoms with Gasteiger partial charge in [-0.3, -0.25) is 0 Å². The second-order valence-corrected chi connectivity index (χ2v) is 7.91. The number of carbonyl (C=O) groups is 1. The second kappa shape index (κ2) is 4.82. The Bertz CT molecular complexity index is 833. The zero-order valence-corrected chi connectivity index (χ0v) is 13.6. The van der Waals surface area contributed by atoms with E-state index >= 15 is 0 Å². The molecule has 6 nitrogen and oxygen atoms in total. The first-order chi connectivity index (χ1) is 10.3. The molecule has 0 atom stereocenters. The number of nitrogens with zero attached hydrogens (tertiary/aromatic N) is 2. The Balaban J connectivity index is 1.95. The molecule has 1 aromatic heterocycles. The SMILES string of the molecule is O=C1N[C]2=C(C=C[CH]=[Y]2)/C1=C1/Nc2ncccc2/C1=N\O. The fourth-order valence-electron chi connectivity index (χ4n) is 2.66. The van der Waals surface area contributed by atoms with Crippen LogP contribution in [-0.4, -0.2) is 24.6 Å². The Labute approximate surface area is 134 Å². The topological polar surface area (TPSA) is 86.6 Å². The summed E-state index contributed by atoms with van der Waals surface area (Å²) in [6.45, 7) is 0. The molecule has 4 rings (SSSR count). The van der Waals surface area contributed by atoms with Crippen LogP contribution in [0.1, 0.15) is 5.56 Å². The van der Waals surface area contributed by atoms with Crippen molar-refractivity contribution in [3.63, 3.8) is 0 Å². The molecular formula is C14H9N4O2Y. The average Bonchev–Trinajstić information content (AvgIpc) is 3.02. The van der Waals surface area contributed by atoms with Crippen LogP contribution in [0.15, 0.2) is 55.0 Å². The van der Waals surface area contributed by atoms with Gasteiger partial charge >= 0.3 is 135 Å². The van der Waals surface area contributed by atoms with E-state index in [4.69, 9.17) is 0 Å². The third-order valence-electron chi connectivity index (χ3n) is 3.56. The molecule has 100 valence electrons. The van der Waals surface area contributed by atoms with Gasteiger partial charge in [-0.2, -0.15) is 0 Å². The van der Waals surface area contributed by atoms with Crippen molar-refractivity contribution in [2.75, 3.05) is 5.32 Å². The quantitative estimate of drug-likeness (QED) is 0.364. The number of anilines is 1. The molecule has 1 aromatic rings. The number of allylic oxidation sites excluding steroid dienone is 3. The van der Waals surface area contributed by atoms with Crippen LogP contribution in [0, 0.1) is 0 Å². The number of carbonyl (C=O) groups excluding carboxylic acids is 1. The summed E-state index contributed by atoms with van der Waals surface area (Å²) < 4.78 is 3.23. The van der Waals surface area contributed by atoms with Gasteiger partial charge in [-0.1, -0.05) is 0 Å². The molecule has 3 N–H and O–H groups in total. The Morgan fingerprint density at radius 1 is 1.33 bits per heavy atom. The molecule has 0 bridgehead atoms. The van der Waals surface area contributed by atoms with Crippen molar-refractivity contribution >= 4 is 20.2 Å². The number of nitrogens with one attached hydrogen (secondary N) is 2. The number of aromatic nitrogens is 1. The molecule has 0 saturated heterocycles. The van der Waals surface area contributed by atoms with Crippen molar-refractivity contribution in [3.05, 3.63) is 55.4 Å². The van der Waals surface area contributed by atoms with Gasteiger partial charge in [0.2, 0.25) is 0 Å². The number of oxime groups is 1. The summed E-state index contributed by atoms with van der Waals surface area (Å²) in [4.78, 5) is 16.5. The van der Waals surface area contributed by atoms with Crippen molar-refractivity contribution in [1.29, 1.82) is 0 Å². The van der Waals surface area contributed by atoms with Gasteiger partial charge in [-0.25, -0.2) is 0 Å². The monoisotopic (exact) mass is 354 g/mol. The first-order valence-electron chi connectivity index (χ1n) is 6.39. The zero-order valence-electron chi connectivity index (χ0n) is 10.8. The van der Waals surface area contributed by atoms with Crippen LogP contribution in [0.3, 0.4) is 0 Å². The van der Waals surface area contributed by atoms with Crippen LogP contribution in [0.5, 0.6) is 0 Å². The normalized spacial score (nSPS) is 23.8. The first kappa shape index (κ1) is 12.8. The van der Waals surface area contributed by atoms with E-state index in [1.54, 1.807) is 12.3 Å². The molecule has 0 unspecified atom stereocenters. The molecule has 3 aliphatic rings. The van der Waals surface area contributed by atoms with E-state index < -0.39 is 28.7 Å².